The SMILES string of the molecule is COC(=O)CC1=C(C(=O)OC)[C@@]2(C(=O)O1)C(C(=O)OC)=C(N)Nc1ccc(Br)cc12. The van der Waals surface area contributed by atoms with Crippen LogP contribution in [0.2, 0.25) is 0 Å². The molecule has 0 saturated carbocycles. The van der Waals surface area contributed by atoms with Gasteiger partial charge in [-0.1, -0.05) is 15.9 Å². The van der Waals surface area contributed by atoms with Crippen molar-refractivity contribution in [3.8, 4) is 0 Å². The van der Waals surface area contributed by atoms with Gasteiger partial charge >= 0.3 is 23.9 Å². The van der Waals surface area contributed by atoms with Gasteiger partial charge in [-0.3, -0.25) is 4.79 Å². The van der Waals surface area contributed by atoms with E-state index in [-0.39, 0.29) is 28.3 Å². The molecule has 1 spiro atoms. The minimum atomic E-state index is -2.11. The Bertz CT molecular complexity index is 1040. The molecule has 2 aliphatic rings. The lowest BCUT2D eigenvalue weighted by atomic mass is 9.66. The van der Waals surface area contributed by atoms with Gasteiger partial charge in [0.05, 0.1) is 21.3 Å². The van der Waals surface area contributed by atoms with Gasteiger partial charge in [0.25, 0.3) is 0 Å². The van der Waals surface area contributed by atoms with Gasteiger partial charge in [0.1, 0.15) is 29.1 Å². The Morgan fingerprint density at radius 1 is 1.10 bits per heavy atom. The Kier molecular flexibility index (Phi) is 5.57. The van der Waals surface area contributed by atoms with Gasteiger partial charge in [0.2, 0.25) is 0 Å². The number of esters is 4. The van der Waals surface area contributed by atoms with Crippen LogP contribution < -0.4 is 11.1 Å². The lowest BCUT2D eigenvalue weighted by Crippen LogP contribution is -2.47. The maximum atomic E-state index is 13.3. The van der Waals surface area contributed by atoms with Crippen LogP contribution in [0.5, 0.6) is 0 Å². The van der Waals surface area contributed by atoms with Gasteiger partial charge in [0.15, 0.2) is 5.41 Å². The van der Waals surface area contributed by atoms with Gasteiger partial charge in [-0.15, -0.1) is 0 Å². The Hall–Kier alpha value is -3.34. The van der Waals surface area contributed by atoms with Crippen LogP contribution >= 0.6 is 15.9 Å². The van der Waals surface area contributed by atoms with E-state index in [0.29, 0.717) is 10.2 Å². The number of benzene rings is 1. The first-order chi connectivity index (χ1) is 14.2. The number of rotatable bonds is 4. The van der Waals surface area contributed by atoms with E-state index < -0.39 is 35.7 Å². The fourth-order valence-electron chi connectivity index (χ4n) is 3.56. The number of hydrogen-bond acceptors (Lipinski definition) is 10. The summed E-state index contributed by atoms with van der Waals surface area (Å²) < 4.78 is 20.2. The smallest absolute Gasteiger partial charge is 0.339 e. The maximum absolute atomic E-state index is 13.3. The molecule has 0 aliphatic carbocycles. The number of methoxy groups -OCH3 is 3. The predicted molar refractivity (Wildman–Crippen MR) is 104 cm³/mol. The number of carbonyl (C=O) groups excluding carboxylic acids is 4. The number of anilines is 1. The number of cyclic esters (lactones) is 1. The molecule has 0 radical (unpaired) electrons. The number of ether oxygens (including phenoxy) is 4. The third kappa shape index (κ3) is 3.02. The Balaban J connectivity index is 2.46. The number of hydrogen-bond donors (Lipinski definition) is 2. The minimum Gasteiger partial charge on any atom is -0.469 e. The Labute approximate surface area is 179 Å². The number of nitrogens with two attached hydrogens (primary N) is 1. The molecule has 0 fully saturated rings. The highest BCUT2D eigenvalue weighted by Crippen LogP contribution is 2.53. The molecule has 0 unspecified atom stereocenters. The summed E-state index contributed by atoms with van der Waals surface area (Å²) in [5, 5.41) is 2.83. The van der Waals surface area contributed by atoms with E-state index in [0.717, 1.165) is 21.3 Å². The van der Waals surface area contributed by atoms with E-state index in [1.165, 1.54) is 6.07 Å². The summed E-state index contributed by atoms with van der Waals surface area (Å²) in [6.07, 6.45) is -0.542. The van der Waals surface area contributed by atoms with Crippen LogP contribution in [0.25, 0.3) is 0 Å². The summed E-state index contributed by atoms with van der Waals surface area (Å²) in [6, 6.07) is 4.80. The third-order valence-corrected chi connectivity index (χ3v) is 5.28. The van der Waals surface area contributed by atoms with Gasteiger partial charge in [0, 0.05) is 15.7 Å². The quantitative estimate of drug-likeness (QED) is 0.472. The monoisotopic (exact) mass is 480 g/mol. The molecular formula is C19H17BrN2O8. The maximum Gasteiger partial charge on any atom is 0.339 e. The van der Waals surface area contributed by atoms with Crippen LogP contribution in [0.3, 0.4) is 0 Å². The molecule has 0 amide bonds. The van der Waals surface area contributed by atoms with Crippen LogP contribution in [-0.4, -0.2) is 45.2 Å². The number of nitrogens with one attached hydrogen (secondary N) is 1. The van der Waals surface area contributed by atoms with Crippen molar-refractivity contribution in [2.24, 2.45) is 5.73 Å². The van der Waals surface area contributed by atoms with Crippen molar-refractivity contribution in [2.45, 2.75) is 11.8 Å². The molecule has 3 N–H and O–H groups in total. The first-order valence-electron chi connectivity index (χ1n) is 8.48. The molecule has 30 heavy (non-hydrogen) atoms. The summed E-state index contributed by atoms with van der Waals surface area (Å²) in [4.78, 5) is 50.8. The van der Waals surface area contributed by atoms with Gasteiger partial charge in [-0.05, 0) is 18.2 Å². The lowest BCUT2D eigenvalue weighted by molar-refractivity contribution is -0.147. The molecular weight excluding hydrogens is 464 g/mol. The van der Waals surface area contributed by atoms with E-state index in [4.69, 9.17) is 19.9 Å². The second kappa shape index (κ2) is 7.82. The van der Waals surface area contributed by atoms with Crippen molar-refractivity contribution in [1.29, 1.82) is 0 Å². The first kappa shape index (κ1) is 21.4. The molecule has 11 heteroatoms. The van der Waals surface area contributed by atoms with Crippen molar-refractivity contribution >= 4 is 45.5 Å². The van der Waals surface area contributed by atoms with Gasteiger partial charge < -0.3 is 30.0 Å². The van der Waals surface area contributed by atoms with Crippen molar-refractivity contribution in [3.05, 3.63) is 51.0 Å². The topological polar surface area (TPSA) is 143 Å². The van der Waals surface area contributed by atoms with Gasteiger partial charge in [-0.2, -0.15) is 0 Å². The zero-order valence-corrected chi connectivity index (χ0v) is 17.7. The summed E-state index contributed by atoms with van der Waals surface area (Å²) in [6.45, 7) is 0. The molecule has 2 heterocycles. The van der Waals surface area contributed by atoms with Crippen molar-refractivity contribution < 1.29 is 38.1 Å². The lowest BCUT2D eigenvalue weighted by Gasteiger charge is -2.35. The number of halogens is 1. The third-order valence-electron chi connectivity index (χ3n) is 4.79. The van der Waals surface area contributed by atoms with Crippen LogP contribution in [0.15, 0.2) is 45.4 Å². The Morgan fingerprint density at radius 3 is 2.33 bits per heavy atom. The average Bonchev–Trinajstić information content (AvgIpc) is 2.99. The summed E-state index contributed by atoms with van der Waals surface area (Å²) >= 11 is 3.32. The fourth-order valence-corrected chi connectivity index (χ4v) is 3.93. The highest BCUT2D eigenvalue weighted by Gasteiger charge is 2.63. The summed E-state index contributed by atoms with van der Waals surface area (Å²) in [5.41, 5.74) is 3.79. The van der Waals surface area contributed by atoms with Gasteiger partial charge in [-0.25, -0.2) is 14.4 Å². The van der Waals surface area contributed by atoms with E-state index in [2.05, 4.69) is 26.0 Å². The molecule has 2 aliphatic heterocycles. The van der Waals surface area contributed by atoms with E-state index >= 15 is 0 Å². The zero-order valence-electron chi connectivity index (χ0n) is 16.2. The second-order valence-electron chi connectivity index (χ2n) is 6.28. The largest absolute Gasteiger partial charge is 0.469 e. The first-order valence-corrected chi connectivity index (χ1v) is 9.28. The zero-order chi connectivity index (χ0) is 22.2. The van der Waals surface area contributed by atoms with Crippen molar-refractivity contribution in [3.63, 3.8) is 0 Å². The molecule has 0 bridgehead atoms. The molecule has 3 rings (SSSR count). The van der Waals surface area contributed by atoms with Crippen LogP contribution in [0, 0.1) is 0 Å². The van der Waals surface area contributed by atoms with Crippen LogP contribution in [-0.2, 0) is 43.5 Å². The molecule has 1 aromatic rings. The van der Waals surface area contributed by atoms with E-state index in [1.54, 1.807) is 12.1 Å². The average molecular weight is 481 g/mol. The van der Waals surface area contributed by atoms with Crippen LogP contribution in [0.4, 0.5) is 5.69 Å². The molecule has 1 atom stereocenters. The van der Waals surface area contributed by atoms with Crippen molar-refractivity contribution in [1.82, 2.24) is 0 Å². The Morgan fingerprint density at radius 2 is 1.73 bits per heavy atom. The van der Waals surface area contributed by atoms with Crippen molar-refractivity contribution in [2.75, 3.05) is 26.6 Å². The highest BCUT2D eigenvalue weighted by molar-refractivity contribution is 9.10. The molecule has 1 aromatic carbocycles. The minimum absolute atomic E-state index is 0.191. The normalized spacial score (nSPS) is 19.8. The van der Waals surface area contributed by atoms with E-state index in [1.807, 2.05) is 0 Å². The predicted octanol–water partition coefficient (Wildman–Crippen LogP) is 1.00. The van der Waals surface area contributed by atoms with E-state index in [9.17, 15) is 19.2 Å². The molecule has 158 valence electrons. The number of carbonyl (C=O) groups is 4. The molecule has 0 saturated heterocycles. The van der Waals surface area contributed by atoms with Crippen LogP contribution in [0.1, 0.15) is 12.0 Å². The number of fused-ring (bicyclic) bond motifs is 2. The summed E-state index contributed by atoms with van der Waals surface area (Å²) in [7, 11) is 3.33. The standard InChI is InChI=1S/C19H17BrN2O8/c1-27-12(23)7-11-13(16(24)28-2)19(18(26)30-11)9-6-8(20)4-5-10(9)22-15(21)14(19)17(25)29-3/h4-6,22H,7,21H2,1-3H3/t19-/m1/s1. The molecule has 10 nitrogen and oxygen atoms in total. The summed E-state index contributed by atoms with van der Waals surface area (Å²) in [5.74, 6) is -4.25. The highest BCUT2D eigenvalue weighted by atomic mass is 79.9. The molecule has 0 aromatic heterocycles. The second-order valence-corrected chi connectivity index (χ2v) is 7.19. The fraction of sp³-hybridized carbons (Fsp3) is 0.263.